The number of piperidine rings is 2. The summed E-state index contributed by atoms with van der Waals surface area (Å²) < 4.78 is 3.18. The Morgan fingerprint density at radius 2 is 1.89 bits per heavy atom. The third-order valence-corrected chi connectivity index (χ3v) is 6.18. The molecule has 2 aliphatic rings. The first kappa shape index (κ1) is 19.0. The van der Waals surface area contributed by atoms with Gasteiger partial charge in [0.15, 0.2) is 0 Å². The minimum Gasteiger partial charge on any atom is -0.374 e. The molecule has 28 heavy (non-hydrogen) atoms. The Labute approximate surface area is 164 Å². The number of carbonyl (C=O) groups is 1. The second kappa shape index (κ2) is 7.60. The van der Waals surface area contributed by atoms with Crippen LogP contribution in [0.25, 0.3) is 11.0 Å². The summed E-state index contributed by atoms with van der Waals surface area (Å²) in [5.74, 6) is 0.416. The van der Waals surface area contributed by atoms with E-state index in [1.54, 1.807) is 16.2 Å². The van der Waals surface area contributed by atoms with E-state index in [4.69, 9.17) is 0 Å². The first-order valence-corrected chi connectivity index (χ1v) is 10.1. The molecule has 2 saturated heterocycles. The third-order valence-electron chi connectivity index (χ3n) is 6.18. The number of aryl methyl sites for hydroxylation is 1. The van der Waals surface area contributed by atoms with Crippen molar-refractivity contribution in [2.24, 2.45) is 13.0 Å². The highest BCUT2D eigenvalue weighted by atomic mass is 16.3. The molecule has 2 unspecified atom stereocenters. The Bertz CT molecular complexity index is 926. The summed E-state index contributed by atoms with van der Waals surface area (Å²) in [6, 6.07) is 5.47. The van der Waals surface area contributed by atoms with Gasteiger partial charge < -0.3 is 20.6 Å². The van der Waals surface area contributed by atoms with Crippen molar-refractivity contribution in [1.29, 1.82) is 0 Å². The van der Waals surface area contributed by atoms with Crippen LogP contribution in [-0.4, -0.2) is 53.1 Å². The van der Waals surface area contributed by atoms with Gasteiger partial charge in [0.1, 0.15) is 12.3 Å². The first-order chi connectivity index (χ1) is 13.5. The summed E-state index contributed by atoms with van der Waals surface area (Å²) >= 11 is 0. The van der Waals surface area contributed by atoms with E-state index < -0.39 is 12.3 Å². The van der Waals surface area contributed by atoms with Crippen LogP contribution in [0.4, 0.5) is 5.69 Å². The maximum Gasteiger partial charge on any atom is 0.329 e. The molecule has 3 heterocycles. The van der Waals surface area contributed by atoms with E-state index in [0.29, 0.717) is 12.8 Å². The largest absolute Gasteiger partial charge is 0.374 e. The van der Waals surface area contributed by atoms with Crippen molar-refractivity contribution in [2.75, 3.05) is 31.6 Å². The molecule has 0 saturated carbocycles. The first-order valence-electron chi connectivity index (χ1n) is 10.1. The average molecular weight is 387 g/mol. The second-order valence-corrected chi connectivity index (χ2v) is 7.99. The SMILES string of the molecule is CNCC1CCN(c2ccc3c(c2)n(C)c(=O)n3C2CCC(O)NC2=O)CC1. The third kappa shape index (κ3) is 3.31. The van der Waals surface area contributed by atoms with E-state index in [1.807, 2.05) is 19.2 Å². The predicted molar refractivity (Wildman–Crippen MR) is 108 cm³/mol. The normalized spacial score (nSPS) is 24.0. The fourth-order valence-corrected chi connectivity index (χ4v) is 4.56. The van der Waals surface area contributed by atoms with Crippen LogP contribution in [0.5, 0.6) is 0 Å². The quantitative estimate of drug-likeness (QED) is 0.713. The van der Waals surface area contributed by atoms with Gasteiger partial charge in [-0.25, -0.2) is 4.79 Å². The monoisotopic (exact) mass is 387 g/mol. The second-order valence-electron chi connectivity index (χ2n) is 7.99. The number of benzene rings is 1. The number of hydrogen-bond acceptors (Lipinski definition) is 5. The molecule has 2 fully saturated rings. The minimum absolute atomic E-state index is 0.198. The van der Waals surface area contributed by atoms with Gasteiger partial charge in [-0.2, -0.15) is 0 Å². The van der Waals surface area contributed by atoms with E-state index in [-0.39, 0.29) is 11.6 Å². The number of imidazole rings is 1. The fourth-order valence-electron chi connectivity index (χ4n) is 4.56. The van der Waals surface area contributed by atoms with E-state index in [9.17, 15) is 14.7 Å². The van der Waals surface area contributed by atoms with Gasteiger partial charge in [0.25, 0.3) is 0 Å². The van der Waals surface area contributed by atoms with Crippen molar-refractivity contribution in [2.45, 2.75) is 38.0 Å². The molecule has 8 nitrogen and oxygen atoms in total. The Morgan fingerprint density at radius 1 is 1.14 bits per heavy atom. The maximum atomic E-state index is 12.9. The van der Waals surface area contributed by atoms with E-state index >= 15 is 0 Å². The van der Waals surface area contributed by atoms with Gasteiger partial charge in [-0.05, 0) is 63.4 Å². The van der Waals surface area contributed by atoms with Crippen molar-refractivity contribution in [1.82, 2.24) is 19.8 Å². The van der Waals surface area contributed by atoms with Crippen LogP contribution in [0, 0.1) is 5.92 Å². The fraction of sp³-hybridized carbons (Fsp3) is 0.600. The highest BCUT2D eigenvalue weighted by molar-refractivity contribution is 5.86. The molecule has 3 N–H and O–H groups in total. The van der Waals surface area contributed by atoms with Crippen LogP contribution in [0.15, 0.2) is 23.0 Å². The molecule has 0 radical (unpaired) electrons. The van der Waals surface area contributed by atoms with Gasteiger partial charge in [0.2, 0.25) is 5.91 Å². The van der Waals surface area contributed by atoms with Gasteiger partial charge in [-0.3, -0.25) is 13.9 Å². The van der Waals surface area contributed by atoms with Gasteiger partial charge in [-0.1, -0.05) is 0 Å². The lowest BCUT2D eigenvalue weighted by Gasteiger charge is -2.33. The minimum atomic E-state index is -0.827. The summed E-state index contributed by atoms with van der Waals surface area (Å²) in [6.45, 7) is 3.08. The number of amides is 1. The zero-order valence-electron chi connectivity index (χ0n) is 16.5. The lowest BCUT2D eigenvalue weighted by molar-refractivity contribution is -0.130. The molecule has 2 aliphatic heterocycles. The number of anilines is 1. The molecule has 2 atom stereocenters. The summed E-state index contributed by atoms with van der Waals surface area (Å²) in [7, 11) is 3.75. The highest BCUT2D eigenvalue weighted by Gasteiger charge is 2.31. The number of carbonyl (C=O) groups excluding carboxylic acids is 1. The maximum absolute atomic E-state index is 12.9. The molecule has 1 aromatic carbocycles. The van der Waals surface area contributed by atoms with Crippen molar-refractivity contribution in [3.63, 3.8) is 0 Å². The van der Waals surface area contributed by atoms with E-state index in [2.05, 4.69) is 21.6 Å². The van der Waals surface area contributed by atoms with Crippen LogP contribution in [-0.2, 0) is 11.8 Å². The summed E-state index contributed by atoms with van der Waals surface area (Å²) in [6.07, 6.45) is 2.38. The number of aliphatic hydroxyl groups excluding tert-OH is 1. The molecular formula is C20H29N5O3. The average Bonchev–Trinajstić information content (AvgIpc) is 2.93. The number of aliphatic hydroxyl groups is 1. The number of nitrogens with zero attached hydrogens (tertiary/aromatic N) is 3. The molecule has 2 aromatic rings. The van der Waals surface area contributed by atoms with Crippen LogP contribution in [0.3, 0.4) is 0 Å². The van der Waals surface area contributed by atoms with Crippen LogP contribution in [0.2, 0.25) is 0 Å². The van der Waals surface area contributed by atoms with Gasteiger partial charge in [0.05, 0.1) is 11.0 Å². The zero-order valence-corrected chi connectivity index (χ0v) is 16.5. The molecule has 0 spiro atoms. The van der Waals surface area contributed by atoms with Gasteiger partial charge >= 0.3 is 5.69 Å². The summed E-state index contributed by atoms with van der Waals surface area (Å²) in [5, 5.41) is 15.4. The highest BCUT2D eigenvalue weighted by Crippen LogP contribution is 2.29. The topological polar surface area (TPSA) is 91.5 Å². The Hall–Kier alpha value is -2.32. The van der Waals surface area contributed by atoms with Crippen molar-refractivity contribution >= 4 is 22.6 Å². The Kier molecular flexibility index (Phi) is 5.16. The molecule has 4 rings (SSSR count). The predicted octanol–water partition coefficient (Wildman–Crippen LogP) is 0.545. The smallest absolute Gasteiger partial charge is 0.329 e. The van der Waals surface area contributed by atoms with Crippen LogP contribution in [0.1, 0.15) is 31.7 Å². The molecule has 1 amide bonds. The number of rotatable bonds is 4. The molecule has 8 heteroatoms. The number of fused-ring (bicyclic) bond motifs is 1. The molecule has 0 bridgehead atoms. The summed E-state index contributed by atoms with van der Waals surface area (Å²) in [5.41, 5.74) is 2.51. The van der Waals surface area contributed by atoms with Gasteiger partial charge in [-0.15, -0.1) is 0 Å². The number of hydrogen-bond donors (Lipinski definition) is 3. The molecule has 152 valence electrons. The molecular weight excluding hydrogens is 358 g/mol. The Morgan fingerprint density at radius 3 is 2.57 bits per heavy atom. The van der Waals surface area contributed by atoms with Crippen molar-refractivity contribution < 1.29 is 9.90 Å². The van der Waals surface area contributed by atoms with Crippen LogP contribution >= 0.6 is 0 Å². The van der Waals surface area contributed by atoms with Crippen molar-refractivity contribution in [3.8, 4) is 0 Å². The summed E-state index contributed by atoms with van der Waals surface area (Å²) in [4.78, 5) is 27.6. The van der Waals surface area contributed by atoms with Crippen LogP contribution < -0.4 is 21.2 Å². The van der Waals surface area contributed by atoms with Gasteiger partial charge in [0, 0.05) is 25.8 Å². The van der Waals surface area contributed by atoms with E-state index in [1.165, 1.54) is 0 Å². The molecule has 1 aromatic heterocycles. The number of nitrogens with one attached hydrogen (secondary N) is 2. The lowest BCUT2D eigenvalue weighted by Crippen LogP contribution is -2.46. The van der Waals surface area contributed by atoms with Crippen molar-refractivity contribution in [3.05, 3.63) is 28.7 Å². The van der Waals surface area contributed by atoms with E-state index in [0.717, 1.165) is 55.1 Å². The standard InChI is InChI=1S/C20H29N5O3/c1-21-12-13-7-9-24(10-8-13)14-3-4-15-17(11-14)23(2)20(28)25(15)16-5-6-18(26)22-19(16)27/h3-4,11,13,16,18,21,26H,5-10,12H2,1-2H3,(H,22,27). The molecule has 0 aliphatic carbocycles. The zero-order chi connectivity index (χ0) is 19.8. The number of aromatic nitrogens is 2. The lowest BCUT2D eigenvalue weighted by atomic mass is 9.96. The Balaban J connectivity index is 1.64.